The molecule has 0 saturated carbocycles. The Balaban J connectivity index is 1.94. The van der Waals surface area contributed by atoms with Crippen LogP contribution in [0.4, 0.5) is 9.59 Å². The number of hydrogen-bond acceptors (Lipinski definition) is 8. The third-order valence-corrected chi connectivity index (χ3v) is 11.6. The largest absolute Gasteiger partial charge is 0.440 e. The van der Waals surface area contributed by atoms with E-state index in [-0.39, 0.29) is 13.2 Å². The summed E-state index contributed by atoms with van der Waals surface area (Å²) in [5.74, 6) is 1.55. The standard InChI is InChI=1S/C44H86N4O6/c1-5-9-23-39(7-3)25-11-21-35-51-37-41(53-43(49)45-27-13-15-29-47-31-17-18-32-47)42(38-52-36-22-12-26-40(8-4)24-10-6-2)54-44(50)46-28-14-16-30-48-33-19-20-34-48/h39-42H,5-38H2,1-4H3,(H,45,49)(H,46,50). The number of rotatable bonds is 35. The van der Waals surface area contributed by atoms with Crippen molar-refractivity contribution in [1.29, 1.82) is 0 Å². The summed E-state index contributed by atoms with van der Waals surface area (Å²) in [6.45, 7) is 18.5. The summed E-state index contributed by atoms with van der Waals surface area (Å²) >= 11 is 0. The Morgan fingerprint density at radius 2 is 0.907 bits per heavy atom. The third kappa shape index (κ3) is 24.8. The lowest BCUT2D eigenvalue weighted by molar-refractivity contribution is -0.0799. The number of carbonyl (C=O) groups is 2. The number of carbonyl (C=O) groups excluding carboxylic acids is 2. The molecule has 4 unspecified atom stereocenters. The lowest BCUT2D eigenvalue weighted by Gasteiger charge is -2.27. The Bertz CT molecular complexity index is 815. The first-order valence-electron chi connectivity index (χ1n) is 23.0. The van der Waals surface area contributed by atoms with E-state index in [2.05, 4.69) is 48.1 Å². The zero-order valence-corrected chi connectivity index (χ0v) is 35.7. The lowest BCUT2D eigenvalue weighted by Crippen LogP contribution is -2.45. The zero-order chi connectivity index (χ0) is 38.9. The summed E-state index contributed by atoms with van der Waals surface area (Å²) in [5, 5.41) is 5.89. The molecule has 2 rings (SSSR count). The normalized spacial score (nSPS) is 17.3. The molecule has 0 radical (unpaired) electrons. The van der Waals surface area contributed by atoms with E-state index in [1.165, 1.54) is 116 Å². The van der Waals surface area contributed by atoms with Crippen molar-refractivity contribution >= 4 is 12.2 Å². The fourth-order valence-electron chi connectivity index (χ4n) is 7.87. The van der Waals surface area contributed by atoms with Gasteiger partial charge in [0.05, 0.1) is 13.2 Å². The van der Waals surface area contributed by atoms with Gasteiger partial charge in [0, 0.05) is 26.3 Å². The molecule has 318 valence electrons. The van der Waals surface area contributed by atoms with E-state index in [1.54, 1.807) is 0 Å². The number of amides is 2. The molecular weight excluding hydrogens is 681 g/mol. The molecule has 4 atom stereocenters. The van der Waals surface area contributed by atoms with Crippen LogP contribution in [0.2, 0.25) is 0 Å². The summed E-state index contributed by atoms with van der Waals surface area (Å²) in [6, 6.07) is 0. The molecular formula is C44H86N4O6. The van der Waals surface area contributed by atoms with Crippen LogP contribution in [0.1, 0.15) is 169 Å². The molecule has 0 aromatic rings. The first-order valence-corrected chi connectivity index (χ1v) is 23.0. The molecule has 2 heterocycles. The van der Waals surface area contributed by atoms with Crippen molar-refractivity contribution < 1.29 is 28.5 Å². The second-order valence-electron chi connectivity index (χ2n) is 16.2. The van der Waals surface area contributed by atoms with Gasteiger partial charge >= 0.3 is 12.2 Å². The highest BCUT2D eigenvalue weighted by Crippen LogP contribution is 2.21. The molecule has 2 amide bonds. The number of ether oxygens (including phenoxy) is 4. The Hall–Kier alpha value is -1.62. The fraction of sp³-hybridized carbons (Fsp3) is 0.955. The van der Waals surface area contributed by atoms with Crippen LogP contribution in [-0.4, -0.2) is 113 Å². The van der Waals surface area contributed by atoms with Crippen molar-refractivity contribution in [3.8, 4) is 0 Å². The minimum absolute atomic E-state index is 0.155. The van der Waals surface area contributed by atoms with E-state index in [0.717, 1.165) is 76.3 Å². The number of hydrogen-bond donors (Lipinski definition) is 2. The van der Waals surface area contributed by atoms with Gasteiger partial charge in [-0.15, -0.1) is 0 Å². The number of nitrogens with one attached hydrogen (secondary N) is 2. The molecule has 0 aromatic carbocycles. The van der Waals surface area contributed by atoms with E-state index < -0.39 is 24.4 Å². The van der Waals surface area contributed by atoms with Crippen molar-refractivity contribution in [1.82, 2.24) is 20.4 Å². The average molecular weight is 767 g/mol. The molecule has 10 heteroatoms. The molecule has 2 aliphatic rings. The Morgan fingerprint density at radius 3 is 1.28 bits per heavy atom. The summed E-state index contributed by atoms with van der Waals surface area (Å²) < 4.78 is 24.3. The van der Waals surface area contributed by atoms with Crippen molar-refractivity contribution in [2.24, 2.45) is 11.8 Å². The van der Waals surface area contributed by atoms with E-state index in [4.69, 9.17) is 18.9 Å². The van der Waals surface area contributed by atoms with Gasteiger partial charge in [-0.2, -0.15) is 0 Å². The smallest absolute Gasteiger partial charge is 0.407 e. The number of likely N-dealkylation sites (tertiary alicyclic amines) is 2. The molecule has 0 bridgehead atoms. The Kier molecular flexibility index (Phi) is 30.1. The molecule has 2 fully saturated rings. The molecule has 0 spiro atoms. The predicted octanol–water partition coefficient (Wildman–Crippen LogP) is 9.73. The van der Waals surface area contributed by atoms with Gasteiger partial charge in [-0.3, -0.25) is 0 Å². The van der Waals surface area contributed by atoms with Crippen molar-refractivity contribution in [2.75, 3.05) is 78.8 Å². The van der Waals surface area contributed by atoms with Crippen molar-refractivity contribution in [3.05, 3.63) is 0 Å². The maximum Gasteiger partial charge on any atom is 0.407 e. The second kappa shape index (κ2) is 33.5. The van der Waals surface area contributed by atoms with Gasteiger partial charge in [0.2, 0.25) is 0 Å². The molecule has 0 aromatic heterocycles. The highest BCUT2D eigenvalue weighted by molar-refractivity contribution is 5.68. The summed E-state index contributed by atoms with van der Waals surface area (Å²) in [5.41, 5.74) is 0. The van der Waals surface area contributed by atoms with Crippen LogP contribution >= 0.6 is 0 Å². The quantitative estimate of drug-likeness (QED) is 0.0616. The minimum Gasteiger partial charge on any atom is -0.440 e. The SMILES string of the molecule is CCCCC(CC)CCCCOCC(OC(=O)NCCCCN1CCCC1)C(COCCCCC(CC)CCCC)OC(=O)NCCCCN1CCCC1. The lowest BCUT2D eigenvalue weighted by atomic mass is 9.94. The minimum atomic E-state index is -0.776. The van der Waals surface area contributed by atoms with Crippen LogP contribution in [0.5, 0.6) is 0 Å². The van der Waals surface area contributed by atoms with Crippen LogP contribution in [0.3, 0.4) is 0 Å². The van der Waals surface area contributed by atoms with Gasteiger partial charge in [0.1, 0.15) is 0 Å². The molecule has 2 aliphatic heterocycles. The maximum atomic E-state index is 13.1. The predicted molar refractivity (Wildman–Crippen MR) is 222 cm³/mol. The Labute approximate surface area is 332 Å². The highest BCUT2D eigenvalue weighted by atomic mass is 16.6. The fourth-order valence-corrected chi connectivity index (χ4v) is 7.87. The van der Waals surface area contributed by atoms with Crippen LogP contribution in [0, 0.1) is 11.8 Å². The zero-order valence-electron chi connectivity index (χ0n) is 35.7. The van der Waals surface area contributed by atoms with Crippen LogP contribution < -0.4 is 10.6 Å². The number of unbranched alkanes of at least 4 members (excludes halogenated alkanes) is 6. The van der Waals surface area contributed by atoms with Crippen LogP contribution in [-0.2, 0) is 18.9 Å². The maximum absolute atomic E-state index is 13.1. The van der Waals surface area contributed by atoms with Crippen LogP contribution in [0.15, 0.2) is 0 Å². The third-order valence-electron chi connectivity index (χ3n) is 11.6. The van der Waals surface area contributed by atoms with Crippen LogP contribution in [0.25, 0.3) is 0 Å². The van der Waals surface area contributed by atoms with Crippen molar-refractivity contribution in [3.63, 3.8) is 0 Å². The molecule has 10 nitrogen and oxygen atoms in total. The number of alkyl carbamates (subject to hydrolysis) is 2. The highest BCUT2D eigenvalue weighted by Gasteiger charge is 2.30. The van der Waals surface area contributed by atoms with E-state index >= 15 is 0 Å². The van der Waals surface area contributed by atoms with Crippen molar-refractivity contribution in [2.45, 2.75) is 181 Å². The van der Waals surface area contributed by atoms with E-state index in [1.807, 2.05) is 0 Å². The van der Waals surface area contributed by atoms with Gasteiger partial charge in [-0.1, -0.05) is 105 Å². The topological polar surface area (TPSA) is 102 Å². The summed E-state index contributed by atoms with van der Waals surface area (Å²) in [7, 11) is 0. The van der Waals surface area contributed by atoms with Gasteiger partial charge in [-0.05, 0) is 115 Å². The molecule has 0 aliphatic carbocycles. The molecule has 54 heavy (non-hydrogen) atoms. The van der Waals surface area contributed by atoms with E-state index in [0.29, 0.717) is 26.3 Å². The first kappa shape index (κ1) is 48.5. The molecule has 2 saturated heterocycles. The second-order valence-corrected chi connectivity index (χ2v) is 16.2. The Morgan fingerprint density at radius 1 is 0.519 bits per heavy atom. The van der Waals surface area contributed by atoms with Gasteiger partial charge in [0.15, 0.2) is 12.2 Å². The van der Waals surface area contributed by atoms with Gasteiger partial charge in [-0.25, -0.2) is 9.59 Å². The monoisotopic (exact) mass is 767 g/mol. The van der Waals surface area contributed by atoms with Gasteiger partial charge in [0.25, 0.3) is 0 Å². The van der Waals surface area contributed by atoms with E-state index in [9.17, 15) is 9.59 Å². The number of nitrogens with zero attached hydrogens (tertiary/aromatic N) is 2. The summed E-state index contributed by atoms with van der Waals surface area (Å²) in [4.78, 5) is 31.2. The first-order chi connectivity index (χ1) is 26.5. The average Bonchev–Trinajstić information content (AvgIpc) is 3.91. The summed E-state index contributed by atoms with van der Waals surface area (Å²) in [6.07, 6.45) is 23.2. The van der Waals surface area contributed by atoms with Gasteiger partial charge < -0.3 is 39.4 Å². The molecule has 2 N–H and O–H groups in total.